The molecule has 0 bridgehead atoms. The lowest BCUT2D eigenvalue weighted by Crippen LogP contribution is -2.24. The molecule has 2 aromatic carbocycles. The Labute approximate surface area is 133 Å². The molecular formula is C18H21BrP+. The minimum Gasteiger partial charge on any atom is -0.114 e. The van der Waals surface area contributed by atoms with E-state index in [4.69, 9.17) is 0 Å². The molecule has 0 saturated carbocycles. The van der Waals surface area contributed by atoms with Gasteiger partial charge in [-0.2, -0.15) is 0 Å². The second-order valence-corrected chi connectivity index (χ2v) is 8.47. The van der Waals surface area contributed by atoms with Crippen LogP contribution < -0.4 is 10.6 Å². The fourth-order valence-corrected chi connectivity index (χ4v) is 6.18. The van der Waals surface area contributed by atoms with Crippen molar-refractivity contribution < 1.29 is 0 Å². The molecular weight excluding hydrogens is 327 g/mol. The van der Waals surface area contributed by atoms with Gasteiger partial charge in [0.2, 0.25) is 0 Å². The van der Waals surface area contributed by atoms with Crippen molar-refractivity contribution in [3.63, 3.8) is 0 Å². The van der Waals surface area contributed by atoms with E-state index < -0.39 is 7.26 Å². The lowest BCUT2D eigenvalue weighted by atomic mass is 10.4. The van der Waals surface area contributed by atoms with Crippen molar-refractivity contribution in [1.82, 2.24) is 0 Å². The summed E-state index contributed by atoms with van der Waals surface area (Å²) in [7, 11) is -1.59. The van der Waals surface area contributed by atoms with E-state index in [9.17, 15) is 0 Å². The van der Waals surface area contributed by atoms with E-state index in [-0.39, 0.29) is 17.0 Å². The van der Waals surface area contributed by atoms with Crippen molar-refractivity contribution in [2.75, 3.05) is 6.16 Å². The first-order valence-electron chi connectivity index (χ1n) is 6.48. The summed E-state index contributed by atoms with van der Waals surface area (Å²) in [5.41, 5.74) is 0. The molecule has 20 heavy (non-hydrogen) atoms. The molecule has 0 amide bonds. The highest BCUT2D eigenvalue weighted by atomic mass is 79.9. The summed E-state index contributed by atoms with van der Waals surface area (Å²) in [6.07, 6.45) is 3.00. The smallest absolute Gasteiger partial charge is 0.110 e. The van der Waals surface area contributed by atoms with E-state index in [0.717, 1.165) is 6.16 Å². The van der Waals surface area contributed by atoms with Crippen molar-refractivity contribution in [1.29, 1.82) is 0 Å². The van der Waals surface area contributed by atoms with Crippen molar-refractivity contribution in [3.05, 3.63) is 85.2 Å². The lowest BCUT2D eigenvalue weighted by molar-refractivity contribution is 1.60. The number of allylic oxidation sites excluding steroid dienone is 2. The first kappa shape index (κ1) is 16.9. The van der Waals surface area contributed by atoms with Crippen LogP contribution in [0.1, 0.15) is 6.92 Å². The molecule has 0 fully saturated rings. The maximum atomic E-state index is 4.30. The fraction of sp³-hybridized carbons (Fsp3) is 0.111. The molecule has 2 aromatic rings. The Bertz CT molecular complexity index is 521. The average Bonchev–Trinajstić information content (AvgIpc) is 2.46. The van der Waals surface area contributed by atoms with Crippen molar-refractivity contribution in [2.45, 2.75) is 6.92 Å². The van der Waals surface area contributed by atoms with Gasteiger partial charge in [0.05, 0.1) is 11.5 Å². The summed E-state index contributed by atoms with van der Waals surface area (Å²) in [4.78, 5) is 0. The van der Waals surface area contributed by atoms with Crippen molar-refractivity contribution in [2.24, 2.45) is 0 Å². The van der Waals surface area contributed by atoms with Gasteiger partial charge in [0.25, 0.3) is 0 Å². The van der Waals surface area contributed by atoms with Gasteiger partial charge < -0.3 is 0 Å². The van der Waals surface area contributed by atoms with E-state index >= 15 is 0 Å². The van der Waals surface area contributed by atoms with E-state index in [2.05, 4.69) is 80.7 Å². The summed E-state index contributed by atoms with van der Waals surface area (Å²) in [5.74, 6) is 0. The molecule has 0 saturated heterocycles. The summed E-state index contributed by atoms with van der Waals surface area (Å²) >= 11 is 0. The molecule has 0 unspecified atom stereocenters. The Hall–Kier alpha value is -1.17. The summed E-state index contributed by atoms with van der Waals surface area (Å²) in [6.45, 7) is 10.4. The van der Waals surface area contributed by atoms with E-state index in [1.165, 1.54) is 15.9 Å². The Morgan fingerprint density at radius 3 is 1.65 bits per heavy atom. The van der Waals surface area contributed by atoms with Gasteiger partial charge in [0.1, 0.15) is 17.9 Å². The van der Waals surface area contributed by atoms with Gasteiger partial charge in [-0.3, -0.25) is 0 Å². The highest BCUT2D eigenvalue weighted by Crippen LogP contribution is 2.62. The molecule has 0 nitrogen and oxygen atoms in total. The zero-order valence-corrected chi connectivity index (χ0v) is 14.4. The quantitative estimate of drug-likeness (QED) is 0.530. The molecule has 0 atom stereocenters. The minimum absolute atomic E-state index is 0. The standard InChI is InChI=1S/C18H20P.BrH/c1-4-15-19(16(2)3,17-11-7-5-8-12-17)18-13-9-6-10-14-18;/h4-14H,1-2,15H2,3H3;1H/q+1;. The molecule has 0 heterocycles. The van der Waals surface area contributed by atoms with Crippen LogP contribution in [0.3, 0.4) is 0 Å². The van der Waals surface area contributed by atoms with Gasteiger partial charge in [-0.15, -0.1) is 17.0 Å². The van der Waals surface area contributed by atoms with Crippen LogP contribution in [-0.4, -0.2) is 6.16 Å². The summed E-state index contributed by atoms with van der Waals surface area (Å²) in [5, 5.41) is 4.02. The molecule has 2 rings (SSSR count). The van der Waals surface area contributed by atoms with Crippen molar-refractivity contribution >= 4 is 34.9 Å². The monoisotopic (exact) mass is 347 g/mol. The van der Waals surface area contributed by atoms with Gasteiger partial charge in [0.15, 0.2) is 0 Å². The van der Waals surface area contributed by atoms with Gasteiger partial charge in [-0.25, -0.2) is 0 Å². The molecule has 0 aromatic heterocycles. The minimum atomic E-state index is -1.59. The van der Waals surface area contributed by atoms with Crippen LogP contribution in [0.4, 0.5) is 0 Å². The van der Waals surface area contributed by atoms with E-state index in [1.54, 1.807) is 0 Å². The number of halogens is 1. The van der Waals surface area contributed by atoms with E-state index in [1.807, 2.05) is 6.08 Å². The second-order valence-electron chi connectivity index (χ2n) is 4.69. The molecule has 0 N–H and O–H groups in total. The van der Waals surface area contributed by atoms with Crippen LogP contribution in [0.25, 0.3) is 0 Å². The fourth-order valence-electron chi connectivity index (χ4n) is 2.52. The van der Waals surface area contributed by atoms with Gasteiger partial charge in [-0.1, -0.05) is 55.6 Å². The zero-order chi connectivity index (χ0) is 13.7. The van der Waals surface area contributed by atoms with Gasteiger partial charge in [-0.05, 0) is 31.2 Å². The molecule has 0 aliphatic heterocycles. The Kier molecular flexibility index (Phi) is 6.39. The first-order valence-corrected chi connectivity index (χ1v) is 8.45. The lowest BCUT2D eigenvalue weighted by Gasteiger charge is -2.26. The Morgan fingerprint density at radius 2 is 1.35 bits per heavy atom. The first-order chi connectivity index (χ1) is 9.21. The van der Waals surface area contributed by atoms with Crippen LogP contribution in [0, 0.1) is 0 Å². The Morgan fingerprint density at radius 1 is 0.950 bits per heavy atom. The summed E-state index contributed by atoms with van der Waals surface area (Å²) < 4.78 is 0. The third-order valence-corrected chi connectivity index (χ3v) is 7.92. The molecule has 2 heteroatoms. The average molecular weight is 348 g/mol. The second kappa shape index (κ2) is 7.57. The third kappa shape index (κ3) is 3.11. The molecule has 0 spiro atoms. The Balaban J connectivity index is 0.00000200. The van der Waals surface area contributed by atoms with Crippen LogP contribution in [0.15, 0.2) is 85.2 Å². The van der Waals surface area contributed by atoms with Crippen molar-refractivity contribution in [3.8, 4) is 0 Å². The number of rotatable bonds is 5. The normalized spacial score (nSPS) is 10.4. The highest BCUT2D eigenvalue weighted by molar-refractivity contribution is 8.93. The number of hydrogen-bond acceptors (Lipinski definition) is 0. The van der Waals surface area contributed by atoms with Gasteiger partial charge in [0, 0.05) is 0 Å². The number of hydrogen-bond donors (Lipinski definition) is 0. The van der Waals surface area contributed by atoms with Crippen LogP contribution in [0.5, 0.6) is 0 Å². The molecule has 104 valence electrons. The predicted molar refractivity (Wildman–Crippen MR) is 99.3 cm³/mol. The topological polar surface area (TPSA) is 0 Å². The van der Waals surface area contributed by atoms with Crippen LogP contribution in [0.2, 0.25) is 0 Å². The molecule has 0 radical (unpaired) electrons. The van der Waals surface area contributed by atoms with Crippen LogP contribution in [-0.2, 0) is 0 Å². The third-order valence-electron chi connectivity index (χ3n) is 3.45. The largest absolute Gasteiger partial charge is 0.114 e. The molecule has 0 aliphatic carbocycles. The highest BCUT2D eigenvalue weighted by Gasteiger charge is 2.42. The number of benzene rings is 2. The molecule has 0 aliphatic rings. The summed E-state index contributed by atoms with van der Waals surface area (Å²) in [6, 6.07) is 21.5. The van der Waals surface area contributed by atoms with Crippen LogP contribution >= 0.6 is 24.2 Å². The SMILES string of the molecule is Br.C=CC[P+](C(=C)C)(c1ccccc1)c1ccccc1. The maximum Gasteiger partial charge on any atom is 0.110 e. The maximum absolute atomic E-state index is 4.30. The zero-order valence-electron chi connectivity index (χ0n) is 11.8. The predicted octanol–water partition coefficient (Wildman–Crippen LogP) is 4.95. The van der Waals surface area contributed by atoms with Gasteiger partial charge >= 0.3 is 0 Å². The van der Waals surface area contributed by atoms with E-state index in [0.29, 0.717) is 0 Å².